The van der Waals surface area contributed by atoms with Gasteiger partial charge in [0.1, 0.15) is 11.6 Å². The van der Waals surface area contributed by atoms with Gasteiger partial charge in [0.25, 0.3) is 0 Å². The molecule has 0 bridgehead atoms. The van der Waals surface area contributed by atoms with Crippen molar-refractivity contribution in [2.24, 2.45) is 0 Å². The second-order valence-corrected chi connectivity index (χ2v) is 6.59. The quantitative estimate of drug-likeness (QED) is 0.572. The lowest BCUT2D eigenvalue weighted by molar-refractivity contribution is 0.476. The molecule has 0 spiro atoms. The third kappa shape index (κ3) is 2.62. The van der Waals surface area contributed by atoms with Crippen LogP contribution in [0.2, 0.25) is 0 Å². The fraction of sp³-hybridized carbons (Fsp3) is 0.500. The molecule has 0 saturated carbocycles. The van der Waals surface area contributed by atoms with Crippen LogP contribution in [0, 0.1) is 9.39 Å². The molecule has 1 fully saturated rings. The number of imidazole rings is 1. The summed E-state index contributed by atoms with van der Waals surface area (Å²) in [6.07, 6.45) is 4.31. The van der Waals surface area contributed by atoms with E-state index in [-0.39, 0.29) is 5.82 Å². The summed E-state index contributed by atoms with van der Waals surface area (Å²) in [4.78, 5) is 4.64. The Bertz CT molecular complexity index is 622. The van der Waals surface area contributed by atoms with Crippen LogP contribution in [0.25, 0.3) is 11.0 Å². The molecule has 1 saturated heterocycles. The molecule has 0 aliphatic carbocycles. The summed E-state index contributed by atoms with van der Waals surface area (Å²) in [5, 5.41) is 2.27. The third-order valence-electron chi connectivity index (χ3n) is 3.67. The molecule has 0 amide bonds. The minimum Gasteiger partial charge on any atom is -0.311 e. The Morgan fingerprint density at radius 2 is 2.00 bits per heavy atom. The lowest BCUT2D eigenvalue weighted by Crippen LogP contribution is -2.40. The molecule has 3 rings (SSSR count). The number of piperidine rings is 1. The monoisotopic (exact) mass is 407 g/mol. The first-order valence-electron chi connectivity index (χ1n) is 6.88. The Balaban J connectivity index is 2.14. The fourth-order valence-electron chi connectivity index (χ4n) is 2.75. The maximum Gasteiger partial charge on any atom is 0.138 e. The molecule has 108 valence electrons. The summed E-state index contributed by atoms with van der Waals surface area (Å²) in [5.74, 6) is 1.27. The van der Waals surface area contributed by atoms with Crippen LogP contribution in [0.3, 0.4) is 0 Å². The van der Waals surface area contributed by atoms with Crippen molar-refractivity contribution in [1.82, 2.24) is 9.66 Å². The predicted octanol–water partition coefficient (Wildman–Crippen LogP) is 3.68. The van der Waals surface area contributed by atoms with Gasteiger partial charge in [-0.2, -0.15) is 0 Å². The number of benzene rings is 1. The summed E-state index contributed by atoms with van der Waals surface area (Å²) in [5.41, 5.74) is 1.70. The Morgan fingerprint density at radius 1 is 1.25 bits per heavy atom. The maximum absolute atomic E-state index is 13.9. The number of aryl methyl sites for hydroxylation is 1. The van der Waals surface area contributed by atoms with E-state index in [9.17, 15) is 4.39 Å². The van der Waals surface area contributed by atoms with Gasteiger partial charge in [0.15, 0.2) is 0 Å². The van der Waals surface area contributed by atoms with Crippen LogP contribution in [0.4, 0.5) is 4.39 Å². The van der Waals surface area contributed by atoms with E-state index in [0.29, 0.717) is 15.9 Å². The highest BCUT2D eigenvalue weighted by Crippen LogP contribution is 2.24. The summed E-state index contributed by atoms with van der Waals surface area (Å²) >= 11 is 7.89. The fourth-order valence-corrected chi connectivity index (χ4v) is 3.37. The number of rotatable bonds is 3. The summed E-state index contributed by atoms with van der Waals surface area (Å²) in [6, 6.07) is 3.40. The van der Waals surface area contributed by atoms with Crippen LogP contribution in [0.5, 0.6) is 0 Å². The smallest absolute Gasteiger partial charge is 0.138 e. The minimum atomic E-state index is -0.186. The van der Waals surface area contributed by atoms with E-state index < -0.39 is 0 Å². The first-order chi connectivity index (χ1) is 9.70. The summed E-state index contributed by atoms with van der Waals surface area (Å²) in [7, 11) is 0. The van der Waals surface area contributed by atoms with Gasteiger partial charge in [0.2, 0.25) is 0 Å². The molecule has 0 atom stereocenters. The minimum absolute atomic E-state index is 0.186. The molecule has 1 aromatic heterocycles. The van der Waals surface area contributed by atoms with Crippen molar-refractivity contribution in [2.75, 3.05) is 24.0 Å². The summed E-state index contributed by atoms with van der Waals surface area (Å²) < 4.78 is 16.6. The van der Waals surface area contributed by atoms with Gasteiger partial charge in [-0.1, -0.05) is 0 Å². The molecule has 6 heteroatoms. The highest BCUT2D eigenvalue weighted by atomic mass is 127. The maximum atomic E-state index is 13.9. The van der Waals surface area contributed by atoms with Crippen LogP contribution >= 0.6 is 34.2 Å². The first kappa shape index (κ1) is 14.4. The second kappa shape index (κ2) is 6.05. The van der Waals surface area contributed by atoms with Gasteiger partial charge in [-0.3, -0.25) is 0 Å². The second-order valence-electron chi connectivity index (χ2n) is 5.05. The zero-order valence-electron chi connectivity index (χ0n) is 11.1. The molecule has 2 aromatic rings. The van der Waals surface area contributed by atoms with Crippen molar-refractivity contribution in [1.29, 1.82) is 0 Å². The zero-order chi connectivity index (χ0) is 14.1. The van der Waals surface area contributed by atoms with Crippen LogP contribution < -0.4 is 5.01 Å². The van der Waals surface area contributed by atoms with Crippen molar-refractivity contribution in [2.45, 2.75) is 25.7 Å². The number of aromatic nitrogens is 2. The standard InChI is InChI=1S/C14H16ClFIN3/c15-5-4-14-18-12-9-11(17)10(16)8-13(12)20(14)19-6-2-1-3-7-19/h8-9H,1-7H2. The van der Waals surface area contributed by atoms with Crippen LogP contribution in [0.15, 0.2) is 12.1 Å². The third-order valence-corrected chi connectivity index (χ3v) is 4.69. The van der Waals surface area contributed by atoms with Crippen LogP contribution in [0.1, 0.15) is 25.1 Å². The molecule has 0 unspecified atom stereocenters. The normalized spacial score (nSPS) is 16.1. The summed E-state index contributed by atoms with van der Waals surface area (Å²) in [6.45, 7) is 1.99. The van der Waals surface area contributed by atoms with Crippen LogP contribution in [-0.4, -0.2) is 28.6 Å². The zero-order valence-corrected chi connectivity index (χ0v) is 14.0. The van der Waals surface area contributed by atoms with Gasteiger partial charge in [0.05, 0.1) is 14.6 Å². The number of alkyl halides is 1. The number of nitrogens with zero attached hydrogens (tertiary/aromatic N) is 3. The molecular weight excluding hydrogens is 392 g/mol. The van der Waals surface area contributed by atoms with Crippen molar-refractivity contribution < 1.29 is 4.39 Å². The first-order valence-corrected chi connectivity index (χ1v) is 8.49. The molecule has 3 nitrogen and oxygen atoms in total. The molecule has 1 aliphatic rings. The largest absolute Gasteiger partial charge is 0.311 e. The Kier molecular flexibility index (Phi) is 4.35. The van der Waals surface area contributed by atoms with E-state index in [2.05, 4.69) is 14.7 Å². The van der Waals surface area contributed by atoms with Crippen LogP contribution in [-0.2, 0) is 6.42 Å². The van der Waals surface area contributed by atoms with E-state index >= 15 is 0 Å². The van der Waals surface area contributed by atoms with E-state index in [1.165, 1.54) is 19.3 Å². The van der Waals surface area contributed by atoms with Gasteiger partial charge >= 0.3 is 0 Å². The molecule has 1 aromatic carbocycles. The van der Waals surface area contributed by atoms with Gasteiger partial charge in [0, 0.05) is 31.5 Å². The van der Waals surface area contributed by atoms with E-state index in [1.54, 1.807) is 6.07 Å². The molecular formula is C14H16ClFIN3. The van der Waals surface area contributed by atoms with Crippen molar-refractivity contribution >= 4 is 45.2 Å². The topological polar surface area (TPSA) is 21.1 Å². The highest BCUT2D eigenvalue weighted by molar-refractivity contribution is 14.1. The van der Waals surface area contributed by atoms with Crippen molar-refractivity contribution in [3.63, 3.8) is 0 Å². The Morgan fingerprint density at radius 3 is 2.70 bits per heavy atom. The van der Waals surface area contributed by atoms with Crippen molar-refractivity contribution in [3.05, 3.63) is 27.3 Å². The Labute approximate surface area is 136 Å². The van der Waals surface area contributed by atoms with Crippen molar-refractivity contribution in [3.8, 4) is 0 Å². The number of hydrogen-bond donors (Lipinski definition) is 0. The number of hydrogen-bond acceptors (Lipinski definition) is 2. The lowest BCUT2D eigenvalue weighted by Gasteiger charge is -2.31. The molecule has 1 aliphatic heterocycles. The van der Waals surface area contributed by atoms with Gasteiger partial charge in [-0.05, 0) is 47.9 Å². The van der Waals surface area contributed by atoms with Gasteiger partial charge in [-0.25, -0.2) is 14.1 Å². The molecule has 2 heterocycles. The lowest BCUT2D eigenvalue weighted by atomic mass is 10.2. The molecule has 0 N–H and O–H groups in total. The molecule has 0 radical (unpaired) electrons. The SMILES string of the molecule is Fc1cc2c(cc1I)nc(CCCl)n2N1CCCCC1. The highest BCUT2D eigenvalue weighted by Gasteiger charge is 2.19. The number of fused-ring (bicyclic) bond motifs is 1. The Hall–Kier alpha value is -0.560. The van der Waals surface area contributed by atoms with E-state index in [0.717, 1.165) is 29.9 Å². The molecule has 20 heavy (non-hydrogen) atoms. The van der Waals surface area contributed by atoms with E-state index in [4.69, 9.17) is 11.6 Å². The van der Waals surface area contributed by atoms with Gasteiger partial charge < -0.3 is 5.01 Å². The average molecular weight is 408 g/mol. The number of halogens is 3. The van der Waals surface area contributed by atoms with Gasteiger partial charge in [-0.15, -0.1) is 11.6 Å². The average Bonchev–Trinajstić information content (AvgIpc) is 2.78. The predicted molar refractivity (Wildman–Crippen MR) is 88.6 cm³/mol. The van der Waals surface area contributed by atoms with E-state index in [1.807, 2.05) is 28.7 Å².